The first-order chi connectivity index (χ1) is 9.14. The van der Waals surface area contributed by atoms with Gasteiger partial charge in [0, 0.05) is 11.6 Å². The summed E-state index contributed by atoms with van der Waals surface area (Å²) in [6, 6.07) is 2.84. The Bertz CT molecular complexity index is 353. The van der Waals surface area contributed by atoms with Crippen LogP contribution >= 0.6 is 11.3 Å². The molecule has 2 heterocycles. The van der Waals surface area contributed by atoms with Crippen molar-refractivity contribution in [3.63, 3.8) is 0 Å². The van der Waals surface area contributed by atoms with Gasteiger partial charge in [0.2, 0.25) is 0 Å². The maximum Gasteiger partial charge on any atom is 0.0306 e. The highest BCUT2D eigenvalue weighted by Gasteiger charge is 2.35. The number of rotatable bonds is 7. The van der Waals surface area contributed by atoms with Gasteiger partial charge < -0.3 is 5.32 Å². The smallest absolute Gasteiger partial charge is 0.0306 e. The number of likely N-dealkylation sites (N-methyl/N-ethyl adjacent to an activating group) is 1. The van der Waals surface area contributed by atoms with E-state index in [1.165, 1.54) is 44.3 Å². The van der Waals surface area contributed by atoms with Crippen LogP contribution in [0.3, 0.4) is 0 Å². The quantitative estimate of drug-likeness (QED) is 0.822. The fraction of sp³-hybridized carbons (Fsp3) is 0.750. The van der Waals surface area contributed by atoms with E-state index in [4.69, 9.17) is 0 Å². The molecule has 1 fully saturated rings. The van der Waals surface area contributed by atoms with Crippen molar-refractivity contribution in [3.05, 3.63) is 22.4 Å². The van der Waals surface area contributed by atoms with Gasteiger partial charge in [-0.3, -0.25) is 4.90 Å². The average molecular weight is 280 g/mol. The van der Waals surface area contributed by atoms with Crippen LogP contribution in [0.25, 0.3) is 0 Å². The van der Waals surface area contributed by atoms with Gasteiger partial charge in [0.05, 0.1) is 0 Å². The SMILES string of the molecule is CCNC(CCc1ccsc1)C(C)(C)N1CCCC1. The zero-order chi connectivity index (χ0) is 13.7. The van der Waals surface area contributed by atoms with Gasteiger partial charge in [-0.2, -0.15) is 11.3 Å². The fourth-order valence-corrected chi connectivity index (χ4v) is 3.91. The number of nitrogens with zero attached hydrogens (tertiary/aromatic N) is 1. The molecule has 1 aliphatic rings. The summed E-state index contributed by atoms with van der Waals surface area (Å²) in [7, 11) is 0. The lowest BCUT2D eigenvalue weighted by Gasteiger charge is -2.42. The molecule has 2 nitrogen and oxygen atoms in total. The Hall–Kier alpha value is -0.380. The molecule has 1 unspecified atom stereocenters. The van der Waals surface area contributed by atoms with E-state index in [-0.39, 0.29) is 5.54 Å². The van der Waals surface area contributed by atoms with Crippen molar-refractivity contribution < 1.29 is 0 Å². The topological polar surface area (TPSA) is 15.3 Å². The molecular formula is C16H28N2S. The van der Waals surface area contributed by atoms with Gasteiger partial charge in [-0.05, 0) is 81.6 Å². The Morgan fingerprint density at radius 2 is 2.11 bits per heavy atom. The second-order valence-corrected chi connectivity index (χ2v) is 6.91. The van der Waals surface area contributed by atoms with Gasteiger partial charge in [0.25, 0.3) is 0 Å². The van der Waals surface area contributed by atoms with Crippen LogP contribution in [0.2, 0.25) is 0 Å². The molecule has 108 valence electrons. The van der Waals surface area contributed by atoms with Gasteiger partial charge in [-0.1, -0.05) is 6.92 Å². The maximum absolute atomic E-state index is 3.72. The predicted octanol–water partition coefficient (Wildman–Crippen LogP) is 3.53. The first-order valence-electron chi connectivity index (χ1n) is 7.64. The maximum atomic E-state index is 3.72. The van der Waals surface area contributed by atoms with E-state index in [1.807, 2.05) is 0 Å². The second-order valence-electron chi connectivity index (χ2n) is 6.13. The van der Waals surface area contributed by atoms with E-state index in [9.17, 15) is 0 Å². The lowest BCUT2D eigenvalue weighted by atomic mass is 9.88. The van der Waals surface area contributed by atoms with Gasteiger partial charge in [0.1, 0.15) is 0 Å². The molecule has 0 aromatic carbocycles. The highest BCUT2D eigenvalue weighted by molar-refractivity contribution is 7.07. The summed E-state index contributed by atoms with van der Waals surface area (Å²) in [4.78, 5) is 2.67. The number of aryl methyl sites for hydroxylation is 1. The molecule has 0 spiro atoms. The molecule has 1 N–H and O–H groups in total. The van der Waals surface area contributed by atoms with Crippen LogP contribution < -0.4 is 5.32 Å². The van der Waals surface area contributed by atoms with Crippen molar-refractivity contribution in [3.8, 4) is 0 Å². The summed E-state index contributed by atoms with van der Waals surface area (Å²) in [5.74, 6) is 0. The lowest BCUT2D eigenvalue weighted by Crippen LogP contribution is -2.57. The summed E-state index contributed by atoms with van der Waals surface area (Å²) in [5.41, 5.74) is 1.76. The first-order valence-corrected chi connectivity index (χ1v) is 8.58. The molecule has 0 bridgehead atoms. The van der Waals surface area contributed by atoms with Gasteiger partial charge in [0.15, 0.2) is 0 Å². The third kappa shape index (κ3) is 3.80. The predicted molar refractivity (Wildman–Crippen MR) is 85.0 cm³/mol. The molecule has 1 aromatic heterocycles. The summed E-state index contributed by atoms with van der Waals surface area (Å²) < 4.78 is 0. The summed E-state index contributed by atoms with van der Waals surface area (Å²) >= 11 is 1.81. The third-order valence-electron chi connectivity index (χ3n) is 4.53. The Balaban J connectivity index is 1.96. The molecule has 1 aromatic rings. The first kappa shape index (κ1) is 15.0. The Morgan fingerprint density at radius 3 is 2.68 bits per heavy atom. The van der Waals surface area contributed by atoms with Crippen molar-refractivity contribution in [2.24, 2.45) is 0 Å². The van der Waals surface area contributed by atoms with E-state index in [2.05, 4.69) is 47.8 Å². The van der Waals surface area contributed by atoms with Crippen molar-refractivity contribution in [2.75, 3.05) is 19.6 Å². The molecule has 0 radical (unpaired) electrons. The molecule has 3 heteroatoms. The fourth-order valence-electron chi connectivity index (χ4n) is 3.21. The minimum Gasteiger partial charge on any atom is -0.312 e. The third-order valence-corrected chi connectivity index (χ3v) is 5.26. The standard InChI is InChI=1S/C16H28N2S/c1-4-17-15(8-7-14-9-12-19-13-14)16(2,3)18-10-5-6-11-18/h9,12-13,15,17H,4-8,10-11H2,1-3H3. The molecule has 0 amide bonds. The molecule has 19 heavy (non-hydrogen) atoms. The van der Waals surface area contributed by atoms with E-state index in [0.29, 0.717) is 6.04 Å². The lowest BCUT2D eigenvalue weighted by molar-refractivity contribution is 0.103. The number of hydrogen-bond acceptors (Lipinski definition) is 3. The summed E-state index contributed by atoms with van der Waals surface area (Å²) in [5, 5.41) is 8.19. The van der Waals surface area contributed by atoms with Crippen LogP contribution in [0.1, 0.15) is 45.6 Å². The zero-order valence-electron chi connectivity index (χ0n) is 12.6. The van der Waals surface area contributed by atoms with E-state index < -0.39 is 0 Å². The molecule has 1 atom stereocenters. The Labute approximate surface area is 122 Å². The molecule has 2 rings (SSSR count). The van der Waals surface area contributed by atoms with E-state index in [1.54, 1.807) is 11.3 Å². The molecule has 0 saturated carbocycles. The second kappa shape index (κ2) is 6.87. The summed E-state index contributed by atoms with van der Waals surface area (Å²) in [6.45, 7) is 10.7. The van der Waals surface area contributed by atoms with Crippen LogP contribution in [0.4, 0.5) is 0 Å². The summed E-state index contributed by atoms with van der Waals surface area (Å²) in [6.07, 6.45) is 5.16. The van der Waals surface area contributed by atoms with Crippen LogP contribution in [-0.4, -0.2) is 36.1 Å². The van der Waals surface area contributed by atoms with E-state index in [0.717, 1.165) is 6.54 Å². The molecule has 1 saturated heterocycles. The van der Waals surface area contributed by atoms with E-state index >= 15 is 0 Å². The minimum atomic E-state index is 0.266. The van der Waals surface area contributed by atoms with Crippen LogP contribution in [0, 0.1) is 0 Å². The normalized spacial score (nSPS) is 18.9. The Morgan fingerprint density at radius 1 is 1.37 bits per heavy atom. The number of likely N-dealkylation sites (tertiary alicyclic amines) is 1. The largest absolute Gasteiger partial charge is 0.312 e. The highest BCUT2D eigenvalue weighted by atomic mass is 32.1. The van der Waals surface area contributed by atoms with Crippen LogP contribution in [-0.2, 0) is 6.42 Å². The van der Waals surface area contributed by atoms with Crippen LogP contribution in [0.15, 0.2) is 16.8 Å². The number of thiophene rings is 1. The van der Waals surface area contributed by atoms with Gasteiger partial charge in [-0.25, -0.2) is 0 Å². The Kier molecular flexibility index (Phi) is 5.43. The van der Waals surface area contributed by atoms with Gasteiger partial charge >= 0.3 is 0 Å². The average Bonchev–Trinajstić information content (AvgIpc) is 3.06. The minimum absolute atomic E-state index is 0.266. The highest BCUT2D eigenvalue weighted by Crippen LogP contribution is 2.27. The molecule has 0 aliphatic carbocycles. The van der Waals surface area contributed by atoms with Crippen LogP contribution in [0.5, 0.6) is 0 Å². The van der Waals surface area contributed by atoms with Crippen molar-refractivity contribution in [2.45, 2.75) is 58.0 Å². The molecular weight excluding hydrogens is 252 g/mol. The van der Waals surface area contributed by atoms with Crippen molar-refractivity contribution in [1.29, 1.82) is 0 Å². The zero-order valence-corrected chi connectivity index (χ0v) is 13.4. The van der Waals surface area contributed by atoms with Crippen molar-refractivity contribution in [1.82, 2.24) is 10.2 Å². The molecule has 1 aliphatic heterocycles. The van der Waals surface area contributed by atoms with Gasteiger partial charge in [-0.15, -0.1) is 0 Å². The monoisotopic (exact) mass is 280 g/mol. The van der Waals surface area contributed by atoms with Crippen molar-refractivity contribution >= 4 is 11.3 Å². The number of hydrogen-bond donors (Lipinski definition) is 1. The number of nitrogens with one attached hydrogen (secondary N) is 1.